The number of unbranched alkanes of at least 4 members (excludes halogenated alkanes) is 20. The first-order valence-corrected chi connectivity index (χ1v) is 19.6. The van der Waals surface area contributed by atoms with E-state index in [0.29, 0.717) is 0 Å². The molecule has 0 aromatic carbocycles. The van der Waals surface area contributed by atoms with Crippen LogP contribution in [0.5, 0.6) is 0 Å². The number of allylic oxidation sites excluding steroid dienone is 14. The van der Waals surface area contributed by atoms with Gasteiger partial charge in [0, 0.05) is 5.92 Å². The van der Waals surface area contributed by atoms with Crippen molar-refractivity contribution < 1.29 is 4.79 Å². The molecule has 1 amide bonds. The minimum absolute atomic E-state index is 0.0658. The van der Waals surface area contributed by atoms with Crippen molar-refractivity contribution in [3.63, 3.8) is 0 Å². The summed E-state index contributed by atoms with van der Waals surface area (Å²) >= 11 is 0. The molecule has 0 radical (unpaired) electrons. The standard InChI is InChI=1S/C44H75NO/c1-3-5-7-8-9-10-11-12-13-14-15-16-17-18-19-20-21-22-23-24-25-26-27-28-29-30-31-32-33-34-35-36-37-38-40-42-43(44(45)46)41-39-6-4-2/h8-19,37-38,43H,3-7,20-36,39-42H2,1-2H3,(H2,45,46). The maximum atomic E-state index is 11.6. The van der Waals surface area contributed by atoms with E-state index in [1.54, 1.807) is 0 Å². The lowest BCUT2D eigenvalue weighted by molar-refractivity contribution is -0.122. The fourth-order valence-corrected chi connectivity index (χ4v) is 5.61. The molecule has 0 aliphatic rings. The maximum absolute atomic E-state index is 11.6. The van der Waals surface area contributed by atoms with E-state index in [1.165, 1.54) is 141 Å². The van der Waals surface area contributed by atoms with Crippen LogP contribution in [0.3, 0.4) is 0 Å². The Bertz CT molecular complexity index is 840. The lowest BCUT2D eigenvalue weighted by Crippen LogP contribution is -2.23. The molecule has 1 unspecified atom stereocenters. The number of primary amides is 1. The number of carbonyl (C=O) groups is 1. The van der Waals surface area contributed by atoms with Crippen LogP contribution in [0.25, 0.3) is 0 Å². The predicted molar refractivity (Wildman–Crippen MR) is 208 cm³/mol. The molecule has 0 aromatic rings. The third kappa shape index (κ3) is 36.1. The minimum Gasteiger partial charge on any atom is -0.369 e. The first-order valence-electron chi connectivity index (χ1n) is 19.6. The highest BCUT2D eigenvalue weighted by molar-refractivity contribution is 5.76. The van der Waals surface area contributed by atoms with Gasteiger partial charge in [0.25, 0.3) is 0 Å². The van der Waals surface area contributed by atoms with Gasteiger partial charge in [0.05, 0.1) is 0 Å². The molecule has 2 nitrogen and oxygen atoms in total. The Morgan fingerprint density at radius 3 is 1.15 bits per heavy atom. The molecular weight excluding hydrogens is 558 g/mol. The number of nitrogens with two attached hydrogens (primary N) is 1. The second kappa shape index (κ2) is 38.8. The van der Waals surface area contributed by atoms with Crippen LogP contribution in [0.15, 0.2) is 85.1 Å². The minimum atomic E-state index is -0.113. The molecule has 0 fully saturated rings. The molecule has 0 aromatic heterocycles. The number of hydrogen-bond donors (Lipinski definition) is 1. The number of hydrogen-bond acceptors (Lipinski definition) is 1. The van der Waals surface area contributed by atoms with Crippen molar-refractivity contribution in [2.75, 3.05) is 0 Å². The fraction of sp³-hybridized carbons (Fsp3) is 0.659. The van der Waals surface area contributed by atoms with Crippen LogP contribution in [-0.4, -0.2) is 5.91 Å². The third-order valence-electron chi connectivity index (χ3n) is 8.65. The van der Waals surface area contributed by atoms with Gasteiger partial charge in [-0.25, -0.2) is 0 Å². The van der Waals surface area contributed by atoms with Crippen molar-refractivity contribution in [2.45, 2.75) is 181 Å². The van der Waals surface area contributed by atoms with E-state index < -0.39 is 0 Å². The van der Waals surface area contributed by atoms with E-state index in [4.69, 9.17) is 5.73 Å². The summed E-state index contributed by atoms with van der Waals surface area (Å²) in [5.41, 5.74) is 5.57. The molecule has 1 atom stereocenters. The van der Waals surface area contributed by atoms with Crippen LogP contribution in [0.4, 0.5) is 0 Å². The highest BCUT2D eigenvalue weighted by Crippen LogP contribution is 2.17. The molecule has 0 aliphatic heterocycles. The number of carbonyl (C=O) groups excluding carboxylic acids is 1. The van der Waals surface area contributed by atoms with Crippen LogP contribution in [0.2, 0.25) is 0 Å². The molecule has 0 saturated carbocycles. The Labute approximate surface area is 287 Å². The number of amides is 1. The zero-order chi connectivity index (χ0) is 33.4. The molecule has 2 N–H and O–H groups in total. The van der Waals surface area contributed by atoms with Gasteiger partial charge in [-0.15, -0.1) is 0 Å². The second-order valence-corrected chi connectivity index (χ2v) is 13.1. The fourth-order valence-electron chi connectivity index (χ4n) is 5.61. The molecule has 46 heavy (non-hydrogen) atoms. The molecular formula is C44H75NO. The van der Waals surface area contributed by atoms with Crippen LogP contribution < -0.4 is 5.73 Å². The maximum Gasteiger partial charge on any atom is 0.220 e. The van der Waals surface area contributed by atoms with Gasteiger partial charge < -0.3 is 5.73 Å². The molecule has 0 heterocycles. The van der Waals surface area contributed by atoms with E-state index in [2.05, 4.69) is 98.9 Å². The summed E-state index contributed by atoms with van der Waals surface area (Å²) in [5, 5.41) is 0. The van der Waals surface area contributed by atoms with Crippen LogP contribution in [0, 0.1) is 5.92 Å². The average Bonchev–Trinajstić information content (AvgIpc) is 3.05. The van der Waals surface area contributed by atoms with Gasteiger partial charge in [-0.05, 0) is 51.4 Å². The van der Waals surface area contributed by atoms with Crippen LogP contribution >= 0.6 is 0 Å². The van der Waals surface area contributed by atoms with Gasteiger partial charge in [-0.1, -0.05) is 214 Å². The summed E-state index contributed by atoms with van der Waals surface area (Å²) in [6.07, 6.45) is 63.5. The smallest absolute Gasteiger partial charge is 0.220 e. The van der Waals surface area contributed by atoms with Crippen LogP contribution in [-0.2, 0) is 4.79 Å². The monoisotopic (exact) mass is 634 g/mol. The van der Waals surface area contributed by atoms with Gasteiger partial charge in [0.2, 0.25) is 5.91 Å². The highest BCUT2D eigenvalue weighted by atomic mass is 16.1. The Hall–Kier alpha value is -2.35. The van der Waals surface area contributed by atoms with Crippen molar-refractivity contribution in [3.8, 4) is 0 Å². The zero-order valence-electron chi connectivity index (χ0n) is 30.5. The summed E-state index contributed by atoms with van der Waals surface area (Å²) < 4.78 is 0. The van der Waals surface area contributed by atoms with Crippen molar-refractivity contribution >= 4 is 5.91 Å². The molecule has 262 valence electrons. The van der Waals surface area contributed by atoms with Crippen molar-refractivity contribution in [3.05, 3.63) is 85.1 Å². The first kappa shape index (κ1) is 43.6. The van der Waals surface area contributed by atoms with Crippen LogP contribution in [0.1, 0.15) is 181 Å². The van der Waals surface area contributed by atoms with Crippen molar-refractivity contribution in [1.82, 2.24) is 0 Å². The van der Waals surface area contributed by atoms with Crippen molar-refractivity contribution in [2.24, 2.45) is 11.7 Å². The molecule has 0 saturated heterocycles. The SMILES string of the molecule is CCCCC=CC=CC=CC=CC=CC=CCCCCCCCCCCCCCCCCCC=CCCC(CCCCC)C(N)=O. The Morgan fingerprint density at radius 1 is 0.391 bits per heavy atom. The van der Waals surface area contributed by atoms with E-state index in [1.807, 2.05) is 0 Å². The predicted octanol–water partition coefficient (Wildman–Crippen LogP) is 14.2. The van der Waals surface area contributed by atoms with E-state index in [9.17, 15) is 4.79 Å². The molecule has 0 rings (SSSR count). The molecule has 0 bridgehead atoms. The molecule has 0 spiro atoms. The summed E-state index contributed by atoms with van der Waals surface area (Å²) in [6.45, 7) is 4.42. The van der Waals surface area contributed by atoms with Gasteiger partial charge >= 0.3 is 0 Å². The Kier molecular flexibility index (Phi) is 36.8. The van der Waals surface area contributed by atoms with E-state index in [-0.39, 0.29) is 11.8 Å². The lowest BCUT2D eigenvalue weighted by atomic mass is 9.95. The lowest BCUT2D eigenvalue weighted by Gasteiger charge is -2.11. The van der Waals surface area contributed by atoms with Gasteiger partial charge in [0.15, 0.2) is 0 Å². The molecule has 2 heteroatoms. The molecule has 0 aliphatic carbocycles. The first-order chi connectivity index (χ1) is 22.7. The van der Waals surface area contributed by atoms with Crippen molar-refractivity contribution in [1.29, 1.82) is 0 Å². The summed E-state index contributed by atoms with van der Waals surface area (Å²) in [6, 6.07) is 0. The summed E-state index contributed by atoms with van der Waals surface area (Å²) in [7, 11) is 0. The Balaban J connectivity index is 3.40. The highest BCUT2D eigenvalue weighted by Gasteiger charge is 2.13. The van der Waals surface area contributed by atoms with Gasteiger partial charge in [-0.2, -0.15) is 0 Å². The normalized spacial score (nSPS) is 13.4. The summed E-state index contributed by atoms with van der Waals surface area (Å²) in [5.74, 6) is -0.0472. The zero-order valence-corrected chi connectivity index (χ0v) is 30.5. The second-order valence-electron chi connectivity index (χ2n) is 13.1. The van der Waals surface area contributed by atoms with Gasteiger partial charge in [0.1, 0.15) is 0 Å². The van der Waals surface area contributed by atoms with Gasteiger partial charge in [-0.3, -0.25) is 4.79 Å². The largest absolute Gasteiger partial charge is 0.369 e. The topological polar surface area (TPSA) is 43.1 Å². The average molecular weight is 634 g/mol. The van der Waals surface area contributed by atoms with E-state index in [0.717, 1.165) is 25.7 Å². The quantitative estimate of drug-likeness (QED) is 0.0427. The summed E-state index contributed by atoms with van der Waals surface area (Å²) in [4.78, 5) is 11.6. The number of rotatable bonds is 34. The van der Waals surface area contributed by atoms with E-state index >= 15 is 0 Å². The Morgan fingerprint density at radius 2 is 0.739 bits per heavy atom. The third-order valence-corrected chi connectivity index (χ3v) is 8.65.